The molecule has 0 saturated carbocycles. The molecule has 0 N–H and O–H groups in total. The molecule has 0 amide bonds. The monoisotopic (exact) mass is 300 g/mol. The molecule has 2 heterocycles. The molecular weight excluding hydrogens is 272 g/mol. The maximum atomic E-state index is 6.21. The van der Waals surface area contributed by atoms with Crippen LogP contribution in [0.25, 0.3) is 0 Å². The molecule has 3 atom stereocenters. The summed E-state index contributed by atoms with van der Waals surface area (Å²) in [5.74, 6) is -0.594. The van der Waals surface area contributed by atoms with E-state index < -0.39 is 14.1 Å². The van der Waals surface area contributed by atoms with Gasteiger partial charge in [-0.1, -0.05) is 27.4 Å². The van der Waals surface area contributed by atoms with Crippen molar-refractivity contribution >= 4 is 8.32 Å². The fourth-order valence-electron chi connectivity index (χ4n) is 2.16. The maximum Gasteiger partial charge on any atom is 0.192 e. The highest BCUT2D eigenvalue weighted by atomic mass is 28.4. The number of fused-ring (bicyclic) bond motifs is 1. The third-order valence-corrected chi connectivity index (χ3v) is 9.04. The van der Waals surface area contributed by atoms with Crippen molar-refractivity contribution in [3.63, 3.8) is 0 Å². The van der Waals surface area contributed by atoms with Crippen LogP contribution in [0.15, 0.2) is 12.2 Å². The average Bonchev–Trinajstić information content (AvgIpc) is 2.69. The Morgan fingerprint density at radius 1 is 1.25 bits per heavy atom. The van der Waals surface area contributed by atoms with Gasteiger partial charge < -0.3 is 18.6 Å². The first-order chi connectivity index (χ1) is 8.93. The predicted octanol–water partition coefficient (Wildman–Crippen LogP) is 3.44. The van der Waals surface area contributed by atoms with Crippen LogP contribution in [0.2, 0.25) is 18.1 Å². The summed E-state index contributed by atoms with van der Waals surface area (Å²) in [7, 11) is -1.77. The van der Waals surface area contributed by atoms with E-state index in [1.165, 1.54) is 0 Å². The summed E-state index contributed by atoms with van der Waals surface area (Å²) in [6.45, 7) is 19.6. The minimum absolute atomic E-state index is 0.129. The molecule has 4 nitrogen and oxygen atoms in total. The van der Waals surface area contributed by atoms with E-state index >= 15 is 0 Å². The van der Waals surface area contributed by atoms with Gasteiger partial charge in [-0.3, -0.25) is 0 Å². The van der Waals surface area contributed by atoms with E-state index in [4.69, 9.17) is 18.6 Å². The standard InChI is InChI=1S/C15H28O4Si/c1-10-11(9-16-20(7,8)14(2,3)4)17-13-12(10)18-15(5,6)19-13/h11-13H,1,9H2,2-8H3. The van der Waals surface area contributed by atoms with Crippen LogP contribution in [0.1, 0.15) is 34.6 Å². The summed E-state index contributed by atoms with van der Waals surface area (Å²) >= 11 is 0. The van der Waals surface area contributed by atoms with Crippen molar-refractivity contribution in [1.82, 2.24) is 0 Å². The van der Waals surface area contributed by atoms with Gasteiger partial charge in [-0.25, -0.2) is 0 Å². The van der Waals surface area contributed by atoms with E-state index in [2.05, 4.69) is 40.4 Å². The summed E-state index contributed by atoms with van der Waals surface area (Å²) in [6.07, 6.45) is -0.640. The van der Waals surface area contributed by atoms with Gasteiger partial charge in [0.15, 0.2) is 20.4 Å². The minimum atomic E-state index is -1.77. The van der Waals surface area contributed by atoms with Gasteiger partial charge in [-0.05, 0) is 37.6 Å². The molecule has 2 aliphatic heterocycles. The molecule has 2 fully saturated rings. The van der Waals surface area contributed by atoms with Gasteiger partial charge in [-0.2, -0.15) is 0 Å². The Kier molecular flexibility index (Phi) is 3.98. The van der Waals surface area contributed by atoms with E-state index in [-0.39, 0.29) is 23.5 Å². The van der Waals surface area contributed by atoms with Crippen LogP contribution < -0.4 is 0 Å². The summed E-state index contributed by atoms with van der Waals surface area (Å²) in [4.78, 5) is 0. The lowest BCUT2D eigenvalue weighted by atomic mass is 10.1. The van der Waals surface area contributed by atoms with Crippen molar-refractivity contribution in [2.75, 3.05) is 6.61 Å². The van der Waals surface area contributed by atoms with Crippen LogP contribution in [-0.4, -0.2) is 39.2 Å². The van der Waals surface area contributed by atoms with Gasteiger partial charge in [0, 0.05) is 0 Å². The molecule has 2 saturated heterocycles. The second kappa shape index (κ2) is 4.92. The molecule has 0 spiro atoms. The topological polar surface area (TPSA) is 36.9 Å². The normalized spacial score (nSPS) is 33.5. The molecular formula is C15H28O4Si. The van der Waals surface area contributed by atoms with E-state index in [9.17, 15) is 0 Å². The van der Waals surface area contributed by atoms with Gasteiger partial charge in [0.2, 0.25) is 0 Å². The Balaban J connectivity index is 1.93. The molecule has 116 valence electrons. The van der Waals surface area contributed by atoms with Crippen molar-refractivity contribution in [2.45, 2.75) is 77.0 Å². The van der Waals surface area contributed by atoms with E-state index in [0.717, 1.165) is 5.57 Å². The number of hydrogen-bond donors (Lipinski definition) is 0. The van der Waals surface area contributed by atoms with Gasteiger partial charge in [0.1, 0.15) is 12.2 Å². The van der Waals surface area contributed by atoms with Crippen LogP contribution >= 0.6 is 0 Å². The second-order valence-electron chi connectivity index (χ2n) is 7.70. The Morgan fingerprint density at radius 3 is 2.35 bits per heavy atom. The first-order valence-corrected chi connectivity index (χ1v) is 10.2. The van der Waals surface area contributed by atoms with Gasteiger partial charge >= 0.3 is 0 Å². The summed E-state index contributed by atoms with van der Waals surface area (Å²) < 4.78 is 23.6. The highest BCUT2D eigenvalue weighted by molar-refractivity contribution is 6.74. The lowest BCUT2D eigenvalue weighted by Crippen LogP contribution is -2.43. The maximum absolute atomic E-state index is 6.21. The molecule has 0 aliphatic carbocycles. The number of ether oxygens (including phenoxy) is 3. The van der Waals surface area contributed by atoms with Crippen molar-refractivity contribution in [3.8, 4) is 0 Å². The molecule has 3 unspecified atom stereocenters. The van der Waals surface area contributed by atoms with Crippen molar-refractivity contribution < 1.29 is 18.6 Å². The summed E-state index contributed by atoms with van der Waals surface area (Å²) in [6, 6.07) is 0. The molecule has 0 radical (unpaired) electrons. The van der Waals surface area contributed by atoms with E-state index in [1.807, 2.05) is 13.8 Å². The van der Waals surface area contributed by atoms with Gasteiger partial charge in [-0.15, -0.1) is 0 Å². The lowest BCUT2D eigenvalue weighted by molar-refractivity contribution is -0.202. The molecule has 20 heavy (non-hydrogen) atoms. The number of rotatable bonds is 3. The summed E-state index contributed by atoms with van der Waals surface area (Å²) in [5, 5.41) is 0.192. The zero-order chi connectivity index (χ0) is 15.3. The van der Waals surface area contributed by atoms with Crippen LogP contribution in [0.4, 0.5) is 0 Å². The average molecular weight is 300 g/mol. The number of hydrogen-bond acceptors (Lipinski definition) is 4. The molecule has 2 rings (SSSR count). The fourth-order valence-corrected chi connectivity index (χ4v) is 3.16. The highest BCUT2D eigenvalue weighted by Crippen LogP contribution is 2.41. The Morgan fingerprint density at radius 2 is 1.85 bits per heavy atom. The zero-order valence-corrected chi connectivity index (χ0v) is 14.8. The quantitative estimate of drug-likeness (QED) is 0.591. The molecule has 0 aromatic heterocycles. The van der Waals surface area contributed by atoms with Crippen molar-refractivity contribution in [1.29, 1.82) is 0 Å². The molecule has 0 aromatic carbocycles. The van der Waals surface area contributed by atoms with Crippen LogP contribution in [0.3, 0.4) is 0 Å². The molecule has 0 bridgehead atoms. The predicted molar refractivity (Wildman–Crippen MR) is 81.0 cm³/mol. The third kappa shape index (κ3) is 3.02. The zero-order valence-electron chi connectivity index (χ0n) is 13.8. The Bertz CT molecular complexity index is 397. The molecule has 0 aromatic rings. The van der Waals surface area contributed by atoms with Gasteiger partial charge in [0.25, 0.3) is 0 Å². The molecule has 5 heteroatoms. The van der Waals surface area contributed by atoms with Crippen LogP contribution in [0.5, 0.6) is 0 Å². The van der Waals surface area contributed by atoms with Crippen molar-refractivity contribution in [3.05, 3.63) is 12.2 Å². The third-order valence-electron chi connectivity index (χ3n) is 4.54. The molecule has 2 aliphatic rings. The van der Waals surface area contributed by atoms with Crippen molar-refractivity contribution in [2.24, 2.45) is 0 Å². The Hall–Kier alpha value is -0.203. The summed E-state index contributed by atoms with van der Waals surface area (Å²) in [5.41, 5.74) is 0.930. The highest BCUT2D eigenvalue weighted by Gasteiger charge is 2.51. The lowest BCUT2D eigenvalue weighted by Gasteiger charge is -2.37. The van der Waals surface area contributed by atoms with Gasteiger partial charge in [0.05, 0.1) is 6.61 Å². The Labute approximate surface area is 123 Å². The smallest absolute Gasteiger partial charge is 0.192 e. The minimum Gasteiger partial charge on any atom is -0.414 e. The van der Waals surface area contributed by atoms with E-state index in [1.54, 1.807) is 0 Å². The largest absolute Gasteiger partial charge is 0.414 e. The van der Waals surface area contributed by atoms with Crippen LogP contribution in [0, 0.1) is 0 Å². The fraction of sp³-hybridized carbons (Fsp3) is 0.867. The van der Waals surface area contributed by atoms with E-state index in [0.29, 0.717) is 6.61 Å². The van der Waals surface area contributed by atoms with Crippen LogP contribution in [-0.2, 0) is 18.6 Å². The second-order valence-corrected chi connectivity index (χ2v) is 12.5. The SMILES string of the molecule is C=C1C(CO[Si](C)(C)C(C)(C)C)OC2OC(C)(C)OC12. The first kappa shape index (κ1) is 16.2. The first-order valence-electron chi connectivity index (χ1n) is 7.27.